The Morgan fingerprint density at radius 1 is 1.09 bits per heavy atom. The summed E-state index contributed by atoms with van der Waals surface area (Å²) in [6.45, 7) is 0. The number of carbonyl (C=O) groups excluding carboxylic acids is 1. The monoisotopic (exact) mass is 340 g/mol. The van der Waals surface area contributed by atoms with Gasteiger partial charge in [0.2, 0.25) is 5.78 Å². The first-order valence-electron chi connectivity index (χ1n) is 6.77. The van der Waals surface area contributed by atoms with Crippen molar-refractivity contribution in [1.82, 2.24) is 19.6 Å². The summed E-state index contributed by atoms with van der Waals surface area (Å²) >= 11 is 7.16. The van der Waals surface area contributed by atoms with E-state index in [1.165, 1.54) is 11.3 Å². The van der Waals surface area contributed by atoms with Crippen LogP contribution in [0.15, 0.2) is 55.1 Å². The third-order valence-corrected chi connectivity index (χ3v) is 4.65. The van der Waals surface area contributed by atoms with Crippen LogP contribution in [0, 0.1) is 0 Å². The lowest BCUT2D eigenvalue weighted by Crippen LogP contribution is -2.01. The molecule has 0 unspecified atom stereocenters. The van der Waals surface area contributed by atoms with E-state index in [0.29, 0.717) is 20.4 Å². The fourth-order valence-corrected chi connectivity index (χ4v) is 3.36. The van der Waals surface area contributed by atoms with Crippen molar-refractivity contribution in [2.75, 3.05) is 0 Å². The Morgan fingerprint density at radius 2 is 1.91 bits per heavy atom. The predicted octanol–water partition coefficient (Wildman–Crippen LogP) is 3.74. The van der Waals surface area contributed by atoms with E-state index < -0.39 is 0 Å². The van der Waals surface area contributed by atoms with Crippen LogP contribution >= 0.6 is 22.9 Å². The van der Waals surface area contributed by atoms with Crippen LogP contribution in [0.4, 0.5) is 0 Å². The largest absolute Gasteiger partial charge is 0.287 e. The Morgan fingerprint density at radius 3 is 2.65 bits per heavy atom. The second kappa shape index (κ2) is 5.57. The van der Waals surface area contributed by atoms with Gasteiger partial charge in [0, 0.05) is 24.2 Å². The summed E-state index contributed by atoms with van der Waals surface area (Å²) in [7, 11) is 0. The number of hydrogen-bond acceptors (Lipinski definition) is 5. The summed E-state index contributed by atoms with van der Waals surface area (Å²) in [4.78, 5) is 21.5. The number of nitrogens with zero attached hydrogens (tertiary/aromatic N) is 4. The number of pyridine rings is 1. The smallest absolute Gasteiger partial charge is 0.208 e. The van der Waals surface area contributed by atoms with Crippen molar-refractivity contribution in [2.24, 2.45) is 0 Å². The number of rotatable bonds is 3. The molecule has 0 atom stereocenters. The van der Waals surface area contributed by atoms with Gasteiger partial charge in [0.1, 0.15) is 0 Å². The van der Waals surface area contributed by atoms with E-state index in [4.69, 9.17) is 11.6 Å². The highest BCUT2D eigenvalue weighted by molar-refractivity contribution is 7.18. The molecule has 4 rings (SSSR count). The Hall–Kier alpha value is -2.57. The van der Waals surface area contributed by atoms with Crippen molar-refractivity contribution in [3.8, 4) is 11.3 Å². The van der Waals surface area contributed by atoms with Crippen molar-refractivity contribution in [2.45, 2.75) is 0 Å². The minimum absolute atomic E-state index is 0.128. The molecule has 0 bridgehead atoms. The molecule has 0 spiro atoms. The van der Waals surface area contributed by atoms with Gasteiger partial charge in [0.05, 0.1) is 26.7 Å². The third kappa shape index (κ3) is 2.42. The molecule has 4 heterocycles. The number of aromatic nitrogens is 4. The number of thiophene rings is 1. The van der Waals surface area contributed by atoms with Crippen molar-refractivity contribution in [3.05, 3.63) is 69.9 Å². The zero-order chi connectivity index (χ0) is 15.8. The summed E-state index contributed by atoms with van der Waals surface area (Å²) in [6.07, 6.45) is 6.64. The van der Waals surface area contributed by atoms with Crippen molar-refractivity contribution >= 4 is 34.4 Å². The minimum Gasteiger partial charge on any atom is -0.287 e. The molecule has 4 aromatic heterocycles. The second-order valence-corrected chi connectivity index (χ2v) is 6.51. The van der Waals surface area contributed by atoms with Gasteiger partial charge in [-0.15, -0.1) is 11.3 Å². The van der Waals surface area contributed by atoms with E-state index >= 15 is 0 Å². The van der Waals surface area contributed by atoms with Crippen LogP contribution in [0.5, 0.6) is 0 Å². The van der Waals surface area contributed by atoms with Crippen molar-refractivity contribution in [1.29, 1.82) is 0 Å². The van der Waals surface area contributed by atoms with Gasteiger partial charge >= 0.3 is 0 Å². The Balaban J connectivity index is 1.87. The SMILES string of the molecule is O=C(c1ccc(Cl)s1)c1cnn2c(-c3ccncc3)ccnc12. The van der Waals surface area contributed by atoms with E-state index in [1.54, 1.807) is 41.4 Å². The number of ketones is 1. The lowest BCUT2D eigenvalue weighted by Gasteiger charge is -2.04. The second-order valence-electron chi connectivity index (χ2n) is 4.79. The number of hydrogen-bond donors (Lipinski definition) is 0. The van der Waals surface area contributed by atoms with Crippen LogP contribution in [0.3, 0.4) is 0 Å². The zero-order valence-corrected chi connectivity index (χ0v) is 13.3. The lowest BCUT2D eigenvalue weighted by molar-refractivity contribution is 0.104. The molecule has 0 N–H and O–H groups in total. The van der Waals surface area contributed by atoms with E-state index in [-0.39, 0.29) is 5.78 Å². The molecule has 0 saturated heterocycles. The van der Waals surface area contributed by atoms with Gasteiger partial charge < -0.3 is 0 Å². The molecule has 0 fully saturated rings. The molecule has 0 radical (unpaired) electrons. The molecule has 0 aliphatic carbocycles. The van der Waals surface area contributed by atoms with Crippen LogP contribution < -0.4 is 0 Å². The highest BCUT2D eigenvalue weighted by Crippen LogP contribution is 2.26. The number of fused-ring (bicyclic) bond motifs is 1. The van der Waals surface area contributed by atoms with Gasteiger partial charge in [-0.05, 0) is 30.3 Å². The van der Waals surface area contributed by atoms with Gasteiger partial charge in [0.15, 0.2) is 5.65 Å². The van der Waals surface area contributed by atoms with Crippen LogP contribution in [-0.4, -0.2) is 25.4 Å². The molecule has 0 aromatic carbocycles. The minimum atomic E-state index is -0.128. The highest BCUT2D eigenvalue weighted by Gasteiger charge is 2.19. The van der Waals surface area contributed by atoms with Crippen LogP contribution in [-0.2, 0) is 0 Å². The summed E-state index contributed by atoms with van der Waals surface area (Å²) in [5, 5.41) is 4.33. The molecule has 112 valence electrons. The summed E-state index contributed by atoms with van der Waals surface area (Å²) in [5.41, 5.74) is 2.78. The standard InChI is InChI=1S/C16H9ClN4OS/c17-14-2-1-13(23-14)15(22)11-9-20-21-12(5-8-19-16(11)21)10-3-6-18-7-4-10/h1-9H. The number of carbonyl (C=O) groups is 1. The third-order valence-electron chi connectivity index (χ3n) is 3.42. The zero-order valence-electron chi connectivity index (χ0n) is 11.7. The van der Waals surface area contributed by atoms with Crippen molar-refractivity contribution < 1.29 is 4.79 Å². The molecule has 23 heavy (non-hydrogen) atoms. The summed E-state index contributed by atoms with van der Waals surface area (Å²) in [5.74, 6) is -0.128. The first-order valence-corrected chi connectivity index (χ1v) is 7.96. The van der Waals surface area contributed by atoms with E-state index in [0.717, 1.165) is 11.3 Å². The van der Waals surface area contributed by atoms with Gasteiger partial charge in [-0.3, -0.25) is 9.78 Å². The molecular formula is C16H9ClN4OS. The van der Waals surface area contributed by atoms with Crippen molar-refractivity contribution in [3.63, 3.8) is 0 Å². The van der Waals surface area contributed by atoms with Gasteiger partial charge in [-0.2, -0.15) is 5.10 Å². The summed E-state index contributed by atoms with van der Waals surface area (Å²) < 4.78 is 2.24. The van der Waals surface area contributed by atoms with Crippen LogP contribution in [0.25, 0.3) is 16.9 Å². The Labute approximate surface area is 140 Å². The average molecular weight is 341 g/mol. The quantitative estimate of drug-likeness (QED) is 0.533. The molecule has 0 amide bonds. The number of halogens is 1. The Bertz CT molecular complexity index is 1010. The molecule has 0 saturated carbocycles. The maximum Gasteiger partial charge on any atom is 0.208 e. The predicted molar refractivity (Wildman–Crippen MR) is 89.0 cm³/mol. The molecule has 0 aliphatic heterocycles. The first kappa shape index (κ1) is 14.0. The normalized spacial score (nSPS) is 11.0. The Kier molecular flexibility index (Phi) is 3.40. The first-order chi connectivity index (χ1) is 11.2. The molecule has 7 heteroatoms. The van der Waals surface area contributed by atoms with E-state index in [1.807, 2.05) is 18.2 Å². The van der Waals surface area contributed by atoms with Gasteiger partial charge in [-0.1, -0.05) is 11.6 Å². The molecule has 4 aromatic rings. The average Bonchev–Trinajstić information content (AvgIpc) is 3.21. The molecule has 0 aliphatic rings. The van der Waals surface area contributed by atoms with Crippen LogP contribution in [0.2, 0.25) is 4.34 Å². The molecular weight excluding hydrogens is 332 g/mol. The maximum absolute atomic E-state index is 12.6. The fourth-order valence-electron chi connectivity index (χ4n) is 2.36. The maximum atomic E-state index is 12.6. The van der Waals surface area contributed by atoms with Crippen LogP contribution in [0.1, 0.15) is 15.2 Å². The summed E-state index contributed by atoms with van der Waals surface area (Å²) in [6, 6.07) is 9.05. The highest BCUT2D eigenvalue weighted by atomic mass is 35.5. The fraction of sp³-hybridized carbons (Fsp3) is 0. The van der Waals surface area contributed by atoms with Gasteiger partial charge in [0.25, 0.3) is 0 Å². The lowest BCUT2D eigenvalue weighted by atomic mass is 10.1. The topological polar surface area (TPSA) is 60.2 Å². The molecule has 5 nitrogen and oxygen atoms in total. The van der Waals surface area contributed by atoms with E-state index in [2.05, 4.69) is 15.1 Å². The van der Waals surface area contributed by atoms with Gasteiger partial charge in [-0.25, -0.2) is 9.50 Å². The van der Waals surface area contributed by atoms with E-state index in [9.17, 15) is 4.79 Å².